The minimum atomic E-state index is -0.142. The molecule has 0 atom stereocenters. The summed E-state index contributed by atoms with van der Waals surface area (Å²) in [5, 5.41) is 3.29. The van der Waals surface area contributed by atoms with Gasteiger partial charge in [0.2, 0.25) is 0 Å². The molecule has 0 fully saturated rings. The Morgan fingerprint density at radius 1 is 1.22 bits per heavy atom. The van der Waals surface area contributed by atoms with Crippen molar-refractivity contribution in [2.45, 2.75) is 32.2 Å². The van der Waals surface area contributed by atoms with Gasteiger partial charge in [-0.2, -0.15) is 11.8 Å². The predicted molar refractivity (Wildman–Crippen MR) is 82.7 cm³/mol. The molecule has 0 amide bonds. The highest BCUT2D eigenvalue weighted by molar-refractivity contribution is 9.10. The molecule has 0 spiro atoms. The van der Waals surface area contributed by atoms with Gasteiger partial charge in [-0.05, 0) is 43.5 Å². The molecule has 1 nitrogen and oxygen atoms in total. The standard InChI is InChI=1S/C14H21BrFNS/c1-18-9-5-3-2-4-8-17-11-12-6-7-13(15)10-14(12)16/h6-7,10,17H,2-5,8-9,11H2,1H3. The first-order chi connectivity index (χ1) is 8.74. The summed E-state index contributed by atoms with van der Waals surface area (Å²) in [6.07, 6.45) is 7.19. The van der Waals surface area contributed by atoms with Gasteiger partial charge in [0.1, 0.15) is 5.82 Å². The van der Waals surface area contributed by atoms with Gasteiger partial charge in [0.05, 0.1) is 0 Å². The van der Waals surface area contributed by atoms with Crippen LogP contribution in [0.3, 0.4) is 0 Å². The third-order valence-electron chi connectivity index (χ3n) is 2.78. The Balaban J connectivity index is 2.07. The van der Waals surface area contributed by atoms with Crippen LogP contribution in [0.1, 0.15) is 31.2 Å². The number of hydrogen-bond donors (Lipinski definition) is 1. The summed E-state index contributed by atoms with van der Waals surface area (Å²) in [6, 6.07) is 5.22. The molecule has 1 aromatic carbocycles. The molecule has 0 heterocycles. The molecule has 0 saturated heterocycles. The van der Waals surface area contributed by atoms with E-state index < -0.39 is 0 Å². The smallest absolute Gasteiger partial charge is 0.128 e. The van der Waals surface area contributed by atoms with Crippen LogP contribution in [0.4, 0.5) is 4.39 Å². The van der Waals surface area contributed by atoms with Crippen LogP contribution in [0.5, 0.6) is 0 Å². The fraction of sp³-hybridized carbons (Fsp3) is 0.571. The number of hydrogen-bond acceptors (Lipinski definition) is 2. The summed E-state index contributed by atoms with van der Waals surface area (Å²) in [6.45, 7) is 1.58. The first-order valence-electron chi connectivity index (χ1n) is 6.37. The minimum absolute atomic E-state index is 0.142. The molecule has 4 heteroatoms. The molecule has 0 saturated carbocycles. The van der Waals surface area contributed by atoms with Crippen molar-refractivity contribution in [3.63, 3.8) is 0 Å². The zero-order chi connectivity index (χ0) is 13.2. The number of rotatable bonds is 9. The maximum Gasteiger partial charge on any atom is 0.128 e. The van der Waals surface area contributed by atoms with E-state index in [1.807, 2.05) is 23.9 Å². The maximum atomic E-state index is 13.5. The van der Waals surface area contributed by atoms with E-state index in [0.29, 0.717) is 6.54 Å². The lowest BCUT2D eigenvalue weighted by Gasteiger charge is -2.06. The van der Waals surface area contributed by atoms with Gasteiger partial charge in [-0.1, -0.05) is 34.8 Å². The quantitative estimate of drug-likeness (QED) is 0.662. The number of nitrogens with one attached hydrogen (secondary N) is 1. The van der Waals surface area contributed by atoms with Crippen molar-refractivity contribution in [1.29, 1.82) is 0 Å². The average Bonchev–Trinajstić information content (AvgIpc) is 2.35. The van der Waals surface area contributed by atoms with Crippen LogP contribution in [0.2, 0.25) is 0 Å². The minimum Gasteiger partial charge on any atom is -0.313 e. The Hall–Kier alpha value is -0.0600. The van der Waals surface area contributed by atoms with Crippen molar-refractivity contribution < 1.29 is 4.39 Å². The molecule has 1 aromatic rings. The highest BCUT2D eigenvalue weighted by Crippen LogP contribution is 2.15. The lowest BCUT2D eigenvalue weighted by molar-refractivity contribution is 0.567. The molecule has 0 aromatic heterocycles. The van der Waals surface area contributed by atoms with E-state index in [4.69, 9.17) is 0 Å². The molecular formula is C14H21BrFNS. The molecule has 1 rings (SSSR count). The van der Waals surface area contributed by atoms with Crippen LogP contribution >= 0.6 is 27.7 Å². The monoisotopic (exact) mass is 333 g/mol. The maximum absolute atomic E-state index is 13.5. The molecule has 1 N–H and O–H groups in total. The highest BCUT2D eigenvalue weighted by Gasteiger charge is 2.01. The Labute approximate surface area is 122 Å². The van der Waals surface area contributed by atoms with E-state index in [2.05, 4.69) is 27.5 Å². The highest BCUT2D eigenvalue weighted by atomic mass is 79.9. The van der Waals surface area contributed by atoms with Gasteiger partial charge < -0.3 is 5.32 Å². The zero-order valence-electron chi connectivity index (χ0n) is 10.8. The first-order valence-corrected chi connectivity index (χ1v) is 8.56. The molecule has 18 heavy (non-hydrogen) atoms. The summed E-state index contributed by atoms with van der Waals surface area (Å²) in [7, 11) is 0. The van der Waals surface area contributed by atoms with E-state index in [1.165, 1.54) is 37.5 Å². The van der Waals surface area contributed by atoms with Crippen LogP contribution < -0.4 is 5.32 Å². The lowest BCUT2D eigenvalue weighted by Crippen LogP contribution is -2.15. The Morgan fingerprint density at radius 2 is 2.00 bits per heavy atom. The predicted octanol–water partition coefficient (Wildman–Crippen LogP) is 4.60. The Bertz CT molecular complexity index is 347. The van der Waals surface area contributed by atoms with Crippen molar-refractivity contribution >= 4 is 27.7 Å². The van der Waals surface area contributed by atoms with E-state index in [-0.39, 0.29) is 5.82 Å². The van der Waals surface area contributed by atoms with E-state index >= 15 is 0 Å². The first kappa shape index (κ1) is 16.0. The largest absolute Gasteiger partial charge is 0.313 e. The topological polar surface area (TPSA) is 12.0 Å². The third kappa shape index (κ3) is 6.76. The van der Waals surface area contributed by atoms with Crippen molar-refractivity contribution in [3.05, 3.63) is 34.1 Å². The number of thioether (sulfide) groups is 1. The molecule has 0 bridgehead atoms. The second-order valence-corrected chi connectivity index (χ2v) is 6.22. The molecule has 0 unspecified atom stereocenters. The van der Waals surface area contributed by atoms with Gasteiger partial charge in [0.25, 0.3) is 0 Å². The third-order valence-corrected chi connectivity index (χ3v) is 3.97. The van der Waals surface area contributed by atoms with Gasteiger partial charge in [-0.3, -0.25) is 0 Å². The lowest BCUT2D eigenvalue weighted by atomic mass is 10.2. The normalized spacial score (nSPS) is 10.8. The van der Waals surface area contributed by atoms with Gasteiger partial charge in [0, 0.05) is 16.6 Å². The molecule has 0 aliphatic heterocycles. The van der Waals surface area contributed by atoms with Crippen molar-refractivity contribution in [2.75, 3.05) is 18.6 Å². The molecular weight excluding hydrogens is 313 g/mol. The average molecular weight is 334 g/mol. The van der Waals surface area contributed by atoms with Gasteiger partial charge >= 0.3 is 0 Å². The molecule has 102 valence electrons. The summed E-state index contributed by atoms with van der Waals surface area (Å²) >= 11 is 5.17. The van der Waals surface area contributed by atoms with E-state index in [9.17, 15) is 4.39 Å². The Kier molecular flexibility index (Phi) is 8.72. The summed E-state index contributed by atoms with van der Waals surface area (Å²) in [5.41, 5.74) is 0.737. The summed E-state index contributed by atoms with van der Waals surface area (Å²) in [5.74, 6) is 1.12. The summed E-state index contributed by atoms with van der Waals surface area (Å²) in [4.78, 5) is 0. The van der Waals surface area contributed by atoms with Crippen LogP contribution in [0, 0.1) is 5.82 Å². The van der Waals surface area contributed by atoms with Crippen molar-refractivity contribution in [1.82, 2.24) is 5.32 Å². The molecule has 0 aliphatic rings. The molecule has 0 aliphatic carbocycles. The second kappa shape index (κ2) is 9.82. The van der Waals surface area contributed by atoms with Crippen LogP contribution in [-0.2, 0) is 6.54 Å². The van der Waals surface area contributed by atoms with Gasteiger partial charge in [-0.15, -0.1) is 0 Å². The number of halogens is 2. The van der Waals surface area contributed by atoms with Crippen LogP contribution in [0.15, 0.2) is 22.7 Å². The SMILES string of the molecule is CSCCCCCCNCc1ccc(Br)cc1F. The number of benzene rings is 1. The van der Waals surface area contributed by atoms with Crippen molar-refractivity contribution in [3.8, 4) is 0 Å². The fourth-order valence-electron chi connectivity index (χ4n) is 1.74. The fourth-order valence-corrected chi connectivity index (χ4v) is 2.56. The van der Waals surface area contributed by atoms with Gasteiger partial charge in [0.15, 0.2) is 0 Å². The Morgan fingerprint density at radius 3 is 2.72 bits per heavy atom. The van der Waals surface area contributed by atoms with Crippen LogP contribution in [-0.4, -0.2) is 18.6 Å². The second-order valence-electron chi connectivity index (χ2n) is 4.32. The molecule has 0 radical (unpaired) electrons. The van der Waals surface area contributed by atoms with Gasteiger partial charge in [-0.25, -0.2) is 4.39 Å². The van der Waals surface area contributed by atoms with Crippen molar-refractivity contribution in [2.24, 2.45) is 0 Å². The van der Waals surface area contributed by atoms with Crippen LogP contribution in [0.25, 0.3) is 0 Å². The summed E-state index contributed by atoms with van der Waals surface area (Å²) < 4.78 is 14.3. The van der Waals surface area contributed by atoms with E-state index in [1.54, 1.807) is 0 Å². The van der Waals surface area contributed by atoms with E-state index in [0.717, 1.165) is 16.6 Å². The zero-order valence-corrected chi connectivity index (χ0v) is 13.2. The number of unbranched alkanes of at least 4 members (excludes halogenated alkanes) is 3.